The summed E-state index contributed by atoms with van der Waals surface area (Å²) < 4.78 is 10.7. The van der Waals surface area contributed by atoms with Gasteiger partial charge in [-0.1, -0.05) is 12.1 Å². The molecular weight excluding hydrogens is 204 g/mol. The average Bonchev–Trinajstić information content (AvgIpc) is 2.95. The van der Waals surface area contributed by atoms with Crippen LogP contribution < -0.4 is 5.32 Å². The van der Waals surface area contributed by atoms with Crippen LogP contribution in [0.3, 0.4) is 0 Å². The molecule has 0 radical (unpaired) electrons. The quantitative estimate of drug-likeness (QED) is 0.728. The number of para-hydroxylation sites is 2. The van der Waals surface area contributed by atoms with Crippen molar-refractivity contribution in [3.05, 3.63) is 48.4 Å². The van der Waals surface area contributed by atoms with Gasteiger partial charge in [0.15, 0.2) is 5.58 Å². The molecule has 4 nitrogen and oxygen atoms in total. The maximum absolute atomic E-state index is 5.50. The van der Waals surface area contributed by atoms with Crippen LogP contribution >= 0.6 is 0 Å². The highest BCUT2D eigenvalue weighted by Gasteiger charge is 2.04. The summed E-state index contributed by atoms with van der Waals surface area (Å²) in [5.41, 5.74) is 1.63. The van der Waals surface area contributed by atoms with Crippen molar-refractivity contribution in [2.75, 3.05) is 5.32 Å². The standard InChI is InChI=1S/C12H10N2O2/c1-2-6-11-10(5-1)14-12(16-11)13-8-9-4-3-7-15-9/h1-7H,8H2,(H,13,14). The Kier molecular flexibility index (Phi) is 2.11. The maximum Gasteiger partial charge on any atom is 0.296 e. The van der Waals surface area contributed by atoms with Gasteiger partial charge in [-0.25, -0.2) is 0 Å². The molecule has 0 aliphatic carbocycles. The van der Waals surface area contributed by atoms with E-state index in [0.29, 0.717) is 12.6 Å². The van der Waals surface area contributed by atoms with Crippen molar-refractivity contribution < 1.29 is 8.83 Å². The Morgan fingerprint density at radius 1 is 1.12 bits per heavy atom. The van der Waals surface area contributed by atoms with Gasteiger partial charge >= 0.3 is 0 Å². The third-order valence-corrected chi connectivity index (χ3v) is 2.29. The van der Waals surface area contributed by atoms with Gasteiger partial charge < -0.3 is 14.2 Å². The van der Waals surface area contributed by atoms with E-state index in [1.165, 1.54) is 0 Å². The number of nitrogens with zero attached hydrogens (tertiary/aromatic N) is 1. The molecule has 4 heteroatoms. The molecule has 0 amide bonds. The zero-order valence-electron chi connectivity index (χ0n) is 8.51. The number of oxazole rings is 1. The van der Waals surface area contributed by atoms with E-state index in [4.69, 9.17) is 8.83 Å². The van der Waals surface area contributed by atoms with E-state index in [-0.39, 0.29) is 0 Å². The van der Waals surface area contributed by atoms with Crippen LogP contribution in [0.1, 0.15) is 5.76 Å². The SMILES string of the molecule is c1coc(CNc2nc3ccccc3o2)c1. The van der Waals surface area contributed by atoms with Crippen molar-refractivity contribution in [3.63, 3.8) is 0 Å². The Morgan fingerprint density at radius 3 is 2.88 bits per heavy atom. The van der Waals surface area contributed by atoms with Crippen molar-refractivity contribution >= 4 is 17.1 Å². The molecule has 80 valence electrons. The fraction of sp³-hybridized carbons (Fsp3) is 0.0833. The topological polar surface area (TPSA) is 51.2 Å². The van der Waals surface area contributed by atoms with Crippen LogP contribution in [-0.4, -0.2) is 4.98 Å². The van der Waals surface area contributed by atoms with Gasteiger partial charge in [-0.15, -0.1) is 0 Å². The van der Waals surface area contributed by atoms with Gasteiger partial charge in [-0.05, 0) is 24.3 Å². The molecule has 3 aromatic rings. The van der Waals surface area contributed by atoms with Crippen molar-refractivity contribution in [3.8, 4) is 0 Å². The average molecular weight is 214 g/mol. The van der Waals surface area contributed by atoms with Crippen molar-refractivity contribution in [1.29, 1.82) is 0 Å². The molecule has 2 aromatic heterocycles. The first-order valence-electron chi connectivity index (χ1n) is 5.04. The Morgan fingerprint density at radius 2 is 2.06 bits per heavy atom. The molecule has 0 aliphatic heterocycles. The van der Waals surface area contributed by atoms with Gasteiger partial charge in [0.2, 0.25) is 0 Å². The second-order valence-corrected chi connectivity index (χ2v) is 3.42. The molecule has 0 saturated carbocycles. The third kappa shape index (κ3) is 1.65. The smallest absolute Gasteiger partial charge is 0.296 e. The van der Waals surface area contributed by atoms with E-state index in [0.717, 1.165) is 16.9 Å². The lowest BCUT2D eigenvalue weighted by atomic mass is 10.3. The molecule has 2 heterocycles. The zero-order valence-corrected chi connectivity index (χ0v) is 8.51. The van der Waals surface area contributed by atoms with E-state index in [1.807, 2.05) is 36.4 Å². The summed E-state index contributed by atoms with van der Waals surface area (Å²) in [6.45, 7) is 0.569. The molecular formula is C12H10N2O2. The summed E-state index contributed by atoms with van der Waals surface area (Å²) >= 11 is 0. The number of hydrogen-bond donors (Lipinski definition) is 1. The number of anilines is 1. The predicted octanol–water partition coefficient (Wildman–Crippen LogP) is 3.03. The van der Waals surface area contributed by atoms with E-state index in [1.54, 1.807) is 6.26 Å². The van der Waals surface area contributed by atoms with E-state index >= 15 is 0 Å². The minimum atomic E-state index is 0.512. The van der Waals surface area contributed by atoms with Gasteiger partial charge in [0.1, 0.15) is 11.3 Å². The molecule has 0 spiro atoms. The molecule has 0 fully saturated rings. The molecule has 1 aromatic carbocycles. The number of furan rings is 1. The molecule has 3 rings (SSSR count). The number of hydrogen-bond acceptors (Lipinski definition) is 4. The first kappa shape index (κ1) is 9.03. The Hall–Kier alpha value is -2.23. The zero-order chi connectivity index (χ0) is 10.8. The van der Waals surface area contributed by atoms with Crippen LogP contribution in [-0.2, 0) is 6.54 Å². The molecule has 0 saturated heterocycles. The van der Waals surface area contributed by atoms with Gasteiger partial charge in [-0.3, -0.25) is 0 Å². The van der Waals surface area contributed by atoms with Crippen LogP contribution in [0.25, 0.3) is 11.1 Å². The summed E-state index contributed by atoms with van der Waals surface area (Å²) in [4.78, 5) is 4.29. The fourth-order valence-corrected chi connectivity index (χ4v) is 1.52. The van der Waals surface area contributed by atoms with Gasteiger partial charge in [0.05, 0.1) is 12.8 Å². The summed E-state index contributed by atoms with van der Waals surface area (Å²) in [5.74, 6) is 0.849. The lowest BCUT2D eigenvalue weighted by molar-refractivity contribution is 0.513. The second-order valence-electron chi connectivity index (χ2n) is 3.42. The normalized spacial score (nSPS) is 10.8. The van der Waals surface area contributed by atoms with E-state index < -0.39 is 0 Å². The van der Waals surface area contributed by atoms with Crippen LogP contribution in [0.15, 0.2) is 51.5 Å². The van der Waals surface area contributed by atoms with E-state index in [2.05, 4.69) is 10.3 Å². The van der Waals surface area contributed by atoms with Crippen LogP contribution in [0, 0.1) is 0 Å². The van der Waals surface area contributed by atoms with Crippen LogP contribution in [0.5, 0.6) is 0 Å². The summed E-state index contributed by atoms with van der Waals surface area (Å²) in [7, 11) is 0. The predicted molar refractivity (Wildman–Crippen MR) is 60.0 cm³/mol. The van der Waals surface area contributed by atoms with Crippen molar-refractivity contribution in [2.24, 2.45) is 0 Å². The summed E-state index contributed by atoms with van der Waals surface area (Å²) in [6.07, 6.45) is 1.64. The Labute approximate surface area is 91.9 Å². The van der Waals surface area contributed by atoms with Crippen molar-refractivity contribution in [2.45, 2.75) is 6.54 Å². The first-order valence-corrected chi connectivity index (χ1v) is 5.04. The molecule has 1 N–H and O–H groups in total. The number of aromatic nitrogens is 1. The maximum atomic E-state index is 5.50. The summed E-state index contributed by atoms with van der Waals surface area (Å²) in [6, 6.07) is 11.9. The van der Waals surface area contributed by atoms with Gasteiger partial charge in [0, 0.05) is 0 Å². The second kappa shape index (κ2) is 3.73. The van der Waals surface area contributed by atoms with Crippen LogP contribution in [0.4, 0.5) is 6.01 Å². The number of fused-ring (bicyclic) bond motifs is 1. The molecule has 16 heavy (non-hydrogen) atoms. The van der Waals surface area contributed by atoms with Gasteiger partial charge in [0.25, 0.3) is 6.01 Å². The third-order valence-electron chi connectivity index (χ3n) is 2.29. The molecule has 0 aliphatic rings. The Balaban J connectivity index is 1.79. The highest BCUT2D eigenvalue weighted by atomic mass is 16.4. The molecule has 0 unspecified atom stereocenters. The lowest BCUT2D eigenvalue weighted by Crippen LogP contribution is -1.97. The highest BCUT2D eigenvalue weighted by molar-refractivity contribution is 5.74. The van der Waals surface area contributed by atoms with Gasteiger partial charge in [-0.2, -0.15) is 4.98 Å². The number of nitrogens with one attached hydrogen (secondary N) is 1. The van der Waals surface area contributed by atoms with Crippen LogP contribution in [0.2, 0.25) is 0 Å². The largest absolute Gasteiger partial charge is 0.467 e. The number of rotatable bonds is 3. The Bertz CT molecular complexity index is 551. The lowest BCUT2D eigenvalue weighted by Gasteiger charge is -1.96. The molecule has 0 bridgehead atoms. The minimum Gasteiger partial charge on any atom is -0.467 e. The van der Waals surface area contributed by atoms with E-state index in [9.17, 15) is 0 Å². The number of benzene rings is 1. The summed E-state index contributed by atoms with van der Waals surface area (Å²) in [5, 5.41) is 3.06. The fourth-order valence-electron chi connectivity index (χ4n) is 1.52. The molecule has 0 atom stereocenters. The minimum absolute atomic E-state index is 0.512. The van der Waals surface area contributed by atoms with Crippen molar-refractivity contribution in [1.82, 2.24) is 4.98 Å². The monoisotopic (exact) mass is 214 g/mol. The first-order chi connectivity index (χ1) is 7.92. The highest BCUT2D eigenvalue weighted by Crippen LogP contribution is 2.18.